The van der Waals surface area contributed by atoms with Crippen LogP contribution < -0.4 is 0 Å². The molecule has 0 aliphatic carbocycles. The Morgan fingerprint density at radius 1 is 1.55 bits per heavy atom. The molecule has 1 aliphatic rings. The zero-order valence-electron chi connectivity index (χ0n) is 6.28. The molecule has 62 valence electrons. The van der Waals surface area contributed by atoms with Crippen molar-refractivity contribution >= 4 is 10.1 Å². The molecular formula is C7H10O3S. The molecule has 3 nitrogen and oxygen atoms in total. The van der Waals surface area contributed by atoms with E-state index in [9.17, 15) is 8.42 Å². The van der Waals surface area contributed by atoms with E-state index < -0.39 is 10.1 Å². The Labute approximate surface area is 66.5 Å². The molecule has 0 fully saturated rings. The molecule has 0 spiro atoms. The summed E-state index contributed by atoms with van der Waals surface area (Å²) >= 11 is 0. The summed E-state index contributed by atoms with van der Waals surface area (Å²) in [4.78, 5) is 0. The Kier molecular flexibility index (Phi) is 2.34. The fourth-order valence-corrected chi connectivity index (χ4v) is 1.58. The zero-order chi connectivity index (χ0) is 8.32. The van der Waals surface area contributed by atoms with Crippen LogP contribution in [0, 0.1) is 0 Å². The molecule has 0 bridgehead atoms. The molecule has 0 atom stereocenters. The topological polar surface area (TPSA) is 43.4 Å². The van der Waals surface area contributed by atoms with Crippen molar-refractivity contribution in [1.29, 1.82) is 0 Å². The number of allylic oxidation sites excluding steroid dienone is 3. The Morgan fingerprint density at radius 3 is 2.82 bits per heavy atom. The summed E-state index contributed by atoms with van der Waals surface area (Å²) in [7, 11) is -3.40. The SMILES string of the molecule is CCCC1=CC=CS(=O)(=O)O1. The van der Waals surface area contributed by atoms with Gasteiger partial charge in [-0.05, 0) is 18.6 Å². The van der Waals surface area contributed by atoms with Crippen LogP contribution in [0.2, 0.25) is 0 Å². The van der Waals surface area contributed by atoms with Gasteiger partial charge in [-0.2, -0.15) is 8.42 Å². The molecule has 4 heteroatoms. The van der Waals surface area contributed by atoms with Gasteiger partial charge in [-0.25, -0.2) is 0 Å². The van der Waals surface area contributed by atoms with E-state index in [0.717, 1.165) is 11.8 Å². The maximum atomic E-state index is 10.8. The van der Waals surface area contributed by atoms with Gasteiger partial charge in [0.2, 0.25) is 0 Å². The molecule has 0 saturated carbocycles. The van der Waals surface area contributed by atoms with Gasteiger partial charge in [-0.15, -0.1) is 0 Å². The lowest BCUT2D eigenvalue weighted by atomic mass is 10.3. The van der Waals surface area contributed by atoms with Gasteiger partial charge in [-0.1, -0.05) is 6.92 Å². The molecule has 0 saturated heterocycles. The van der Waals surface area contributed by atoms with Crippen molar-refractivity contribution in [1.82, 2.24) is 0 Å². The Hall–Kier alpha value is -0.770. The van der Waals surface area contributed by atoms with Crippen LogP contribution in [-0.2, 0) is 14.3 Å². The van der Waals surface area contributed by atoms with E-state index in [1.54, 1.807) is 6.08 Å². The van der Waals surface area contributed by atoms with Crippen molar-refractivity contribution < 1.29 is 12.6 Å². The first-order valence-corrected chi connectivity index (χ1v) is 4.93. The molecule has 0 N–H and O–H groups in total. The second-order valence-corrected chi connectivity index (χ2v) is 3.71. The highest BCUT2D eigenvalue weighted by atomic mass is 32.2. The van der Waals surface area contributed by atoms with E-state index >= 15 is 0 Å². The third-order valence-corrected chi connectivity index (χ3v) is 2.18. The van der Waals surface area contributed by atoms with Crippen LogP contribution >= 0.6 is 0 Å². The standard InChI is InChI=1S/C7H10O3S/c1-2-4-7-5-3-6-11(8,9)10-7/h3,5-6H,2,4H2,1H3. The Morgan fingerprint density at radius 2 is 2.27 bits per heavy atom. The smallest absolute Gasteiger partial charge is 0.331 e. The average Bonchev–Trinajstić information content (AvgIpc) is 1.85. The van der Waals surface area contributed by atoms with Gasteiger partial charge in [0.15, 0.2) is 0 Å². The van der Waals surface area contributed by atoms with E-state index in [0.29, 0.717) is 12.2 Å². The first-order valence-electron chi connectivity index (χ1n) is 3.46. The maximum absolute atomic E-state index is 10.8. The van der Waals surface area contributed by atoms with Crippen molar-refractivity contribution in [3.63, 3.8) is 0 Å². The summed E-state index contributed by atoms with van der Waals surface area (Å²) in [5.41, 5.74) is 0. The van der Waals surface area contributed by atoms with Crippen molar-refractivity contribution in [3.8, 4) is 0 Å². The lowest BCUT2D eigenvalue weighted by Gasteiger charge is -2.08. The lowest BCUT2D eigenvalue weighted by molar-refractivity contribution is 0.395. The van der Waals surface area contributed by atoms with Crippen LogP contribution in [-0.4, -0.2) is 8.42 Å². The zero-order valence-corrected chi connectivity index (χ0v) is 7.10. The van der Waals surface area contributed by atoms with Gasteiger partial charge in [-0.3, -0.25) is 0 Å². The van der Waals surface area contributed by atoms with Crippen molar-refractivity contribution in [2.24, 2.45) is 0 Å². The summed E-state index contributed by atoms with van der Waals surface area (Å²) in [6, 6.07) is 0. The molecule has 0 aromatic heterocycles. The van der Waals surface area contributed by atoms with Gasteiger partial charge in [0.25, 0.3) is 0 Å². The summed E-state index contributed by atoms with van der Waals surface area (Å²) in [6.45, 7) is 1.97. The highest BCUT2D eigenvalue weighted by molar-refractivity contribution is 7.89. The Bertz CT molecular complexity index is 285. The summed E-state index contributed by atoms with van der Waals surface area (Å²) in [5.74, 6) is 0.523. The highest BCUT2D eigenvalue weighted by Gasteiger charge is 2.12. The van der Waals surface area contributed by atoms with Crippen molar-refractivity contribution in [2.45, 2.75) is 19.8 Å². The molecular weight excluding hydrogens is 164 g/mol. The second-order valence-electron chi connectivity index (χ2n) is 2.29. The van der Waals surface area contributed by atoms with E-state index in [-0.39, 0.29) is 0 Å². The van der Waals surface area contributed by atoms with Crippen molar-refractivity contribution in [2.75, 3.05) is 0 Å². The quantitative estimate of drug-likeness (QED) is 0.596. The molecule has 0 amide bonds. The first-order chi connectivity index (χ1) is 5.14. The maximum Gasteiger partial charge on any atom is 0.331 e. The molecule has 0 unspecified atom stereocenters. The largest absolute Gasteiger partial charge is 0.384 e. The highest BCUT2D eigenvalue weighted by Crippen LogP contribution is 2.15. The Balaban J connectivity index is 2.73. The minimum absolute atomic E-state index is 0.523. The average molecular weight is 174 g/mol. The summed E-state index contributed by atoms with van der Waals surface area (Å²) < 4.78 is 26.2. The van der Waals surface area contributed by atoms with Gasteiger partial charge >= 0.3 is 10.1 Å². The van der Waals surface area contributed by atoms with Gasteiger partial charge in [0.05, 0.1) is 5.41 Å². The minimum atomic E-state index is -3.40. The van der Waals surface area contributed by atoms with Crippen molar-refractivity contribution in [3.05, 3.63) is 23.3 Å². The van der Waals surface area contributed by atoms with Crippen LogP contribution in [0.15, 0.2) is 23.3 Å². The van der Waals surface area contributed by atoms with Gasteiger partial charge in [0.1, 0.15) is 5.76 Å². The molecule has 1 aliphatic heterocycles. The normalized spacial score (nSPS) is 20.6. The van der Waals surface area contributed by atoms with Crippen LogP contribution in [0.25, 0.3) is 0 Å². The summed E-state index contributed by atoms with van der Waals surface area (Å²) in [5, 5.41) is 1.05. The first kappa shape index (κ1) is 8.33. The predicted molar refractivity (Wildman–Crippen MR) is 42.1 cm³/mol. The fraction of sp³-hybridized carbons (Fsp3) is 0.429. The third-order valence-electron chi connectivity index (χ3n) is 1.25. The van der Waals surface area contributed by atoms with E-state index in [2.05, 4.69) is 4.18 Å². The second kappa shape index (κ2) is 3.09. The van der Waals surface area contributed by atoms with Crippen LogP contribution in [0.1, 0.15) is 19.8 Å². The van der Waals surface area contributed by atoms with Gasteiger partial charge in [0, 0.05) is 6.42 Å². The minimum Gasteiger partial charge on any atom is -0.384 e. The van der Waals surface area contributed by atoms with Gasteiger partial charge < -0.3 is 4.18 Å². The fourth-order valence-electron chi connectivity index (χ4n) is 0.819. The van der Waals surface area contributed by atoms with E-state index in [1.165, 1.54) is 6.08 Å². The number of rotatable bonds is 2. The summed E-state index contributed by atoms with van der Waals surface area (Å²) in [6.07, 6.45) is 4.72. The van der Waals surface area contributed by atoms with Crippen LogP contribution in [0.5, 0.6) is 0 Å². The molecule has 1 heterocycles. The molecule has 0 radical (unpaired) electrons. The third kappa shape index (κ3) is 2.38. The number of hydrogen-bond acceptors (Lipinski definition) is 3. The molecule has 11 heavy (non-hydrogen) atoms. The van der Waals surface area contributed by atoms with Crippen LogP contribution in [0.3, 0.4) is 0 Å². The molecule has 1 rings (SSSR count). The molecule has 0 aromatic carbocycles. The van der Waals surface area contributed by atoms with E-state index in [1.807, 2.05) is 6.92 Å². The lowest BCUT2D eigenvalue weighted by Crippen LogP contribution is -2.04. The monoisotopic (exact) mass is 174 g/mol. The van der Waals surface area contributed by atoms with E-state index in [4.69, 9.17) is 0 Å². The molecule has 0 aromatic rings. The predicted octanol–water partition coefficient (Wildman–Crippen LogP) is 1.54. The van der Waals surface area contributed by atoms with Crippen LogP contribution in [0.4, 0.5) is 0 Å². The number of hydrogen-bond donors (Lipinski definition) is 0.